The number of nitrogens with one attached hydrogen (secondary N) is 2. The molecule has 0 radical (unpaired) electrons. The molecule has 74 valence electrons. The van der Waals surface area contributed by atoms with Gasteiger partial charge >= 0.3 is 0 Å². The Hall–Kier alpha value is -1.22. The number of benzene rings is 1. The summed E-state index contributed by atoms with van der Waals surface area (Å²) in [5, 5.41) is 6.68. The van der Waals surface area contributed by atoms with Gasteiger partial charge in [0.15, 0.2) is 0 Å². The van der Waals surface area contributed by atoms with Gasteiger partial charge in [-0.3, -0.25) is 4.79 Å². The van der Waals surface area contributed by atoms with E-state index in [1.54, 1.807) is 12.1 Å². The van der Waals surface area contributed by atoms with Crippen molar-refractivity contribution in [3.8, 4) is 0 Å². The standard InChI is InChI=1S/C10H11ClN2O/c1-6-5-12-9-4-7(11)2-3-8(9)13-10(6)14/h2-4,6,12H,5H2,1H3,(H,13,14)/t6-/m0/s1. The normalized spacial score (nSPS) is 20.4. The minimum Gasteiger partial charge on any atom is -0.383 e. The molecule has 1 amide bonds. The number of hydrogen-bond donors (Lipinski definition) is 2. The Labute approximate surface area is 87.4 Å². The molecule has 0 saturated carbocycles. The Morgan fingerprint density at radius 3 is 3.00 bits per heavy atom. The van der Waals surface area contributed by atoms with Gasteiger partial charge in [0.25, 0.3) is 0 Å². The van der Waals surface area contributed by atoms with Crippen molar-refractivity contribution < 1.29 is 4.79 Å². The summed E-state index contributed by atoms with van der Waals surface area (Å²) in [6, 6.07) is 5.38. The molecule has 0 unspecified atom stereocenters. The van der Waals surface area contributed by atoms with Crippen LogP contribution in [0.1, 0.15) is 6.92 Å². The maximum Gasteiger partial charge on any atom is 0.229 e. The summed E-state index contributed by atoms with van der Waals surface area (Å²) in [5.41, 5.74) is 1.68. The van der Waals surface area contributed by atoms with Crippen molar-refractivity contribution in [3.63, 3.8) is 0 Å². The third kappa shape index (κ3) is 1.68. The first-order chi connectivity index (χ1) is 6.66. The van der Waals surface area contributed by atoms with Gasteiger partial charge in [-0.1, -0.05) is 18.5 Å². The summed E-state index contributed by atoms with van der Waals surface area (Å²) in [4.78, 5) is 11.5. The van der Waals surface area contributed by atoms with Crippen molar-refractivity contribution in [2.24, 2.45) is 5.92 Å². The summed E-state index contributed by atoms with van der Waals surface area (Å²) in [5.74, 6) is 0.0137. The van der Waals surface area contributed by atoms with Gasteiger partial charge in [-0.2, -0.15) is 0 Å². The lowest BCUT2D eigenvalue weighted by Crippen LogP contribution is -2.22. The van der Waals surface area contributed by atoms with Gasteiger partial charge in [0, 0.05) is 11.6 Å². The van der Waals surface area contributed by atoms with Crippen LogP contribution < -0.4 is 10.6 Å². The number of anilines is 2. The second kappa shape index (κ2) is 3.50. The zero-order valence-corrected chi connectivity index (χ0v) is 8.56. The van der Waals surface area contributed by atoms with Crippen molar-refractivity contribution in [3.05, 3.63) is 23.2 Å². The van der Waals surface area contributed by atoms with E-state index in [0.29, 0.717) is 11.6 Å². The van der Waals surface area contributed by atoms with Crippen LogP contribution in [0.25, 0.3) is 0 Å². The molecule has 14 heavy (non-hydrogen) atoms. The van der Waals surface area contributed by atoms with Crippen LogP contribution in [-0.2, 0) is 4.79 Å². The van der Waals surface area contributed by atoms with Gasteiger partial charge in [-0.25, -0.2) is 0 Å². The smallest absolute Gasteiger partial charge is 0.229 e. The van der Waals surface area contributed by atoms with Crippen molar-refractivity contribution in [1.82, 2.24) is 0 Å². The summed E-state index contributed by atoms with van der Waals surface area (Å²) < 4.78 is 0. The molecular weight excluding hydrogens is 200 g/mol. The fourth-order valence-corrected chi connectivity index (χ4v) is 1.56. The summed E-state index contributed by atoms with van der Waals surface area (Å²) in [6.45, 7) is 2.52. The Kier molecular flexibility index (Phi) is 2.33. The average molecular weight is 211 g/mol. The Morgan fingerprint density at radius 2 is 2.21 bits per heavy atom. The molecule has 0 aromatic heterocycles. The second-order valence-corrected chi connectivity index (χ2v) is 3.90. The zero-order chi connectivity index (χ0) is 10.1. The highest BCUT2D eigenvalue weighted by atomic mass is 35.5. The number of amides is 1. The van der Waals surface area contributed by atoms with Gasteiger partial charge in [-0.05, 0) is 18.2 Å². The average Bonchev–Trinajstić information content (AvgIpc) is 2.29. The first-order valence-corrected chi connectivity index (χ1v) is 4.89. The molecular formula is C10H11ClN2O. The predicted molar refractivity (Wildman–Crippen MR) is 57.7 cm³/mol. The van der Waals surface area contributed by atoms with Crippen molar-refractivity contribution in [2.45, 2.75) is 6.92 Å². The Bertz CT molecular complexity index is 378. The summed E-state index contributed by atoms with van der Waals surface area (Å²) in [6.07, 6.45) is 0. The summed E-state index contributed by atoms with van der Waals surface area (Å²) >= 11 is 5.85. The molecule has 2 N–H and O–H groups in total. The minimum absolute atomic E-state index is 0.0267. The molecule has 0 fully saturated rings. The van der Waals surface area contributed by atoms with Gasteiger partial charge in [0.05, 0.1) is 17.3 Å². The lowest BCUT2D eigenvalue weighted by molar-refractivity contribution is -0.118. The molecule has 4 heteroatoms. The van der Waals surface area contributed by atoms with Crippen LogP contribution in [0.15, 0.2) is 18.2 Å². The fourth-order valence-electron chi connectivity index (χ4n) is 1.38. The zero-order valence-electron chi connectivity index (χ0n) is 7.80. The largest absolute Gasteiger partial charge is 0.383 e. The first-order valence-electron chi connectivity index (χ1n) is 4.51. The van der Waals surface area contributed by atoms with Gasteiger partial charge in [0.1, 0.15) is 0 Å². The van der Waals surface area contributed by atoms with E-state index in [9.17, 15) is 4.79 Å². The van der Waals surface area contributed by atoms with E-state index < -0.39 is 0 Å². The van der Waals surface area contributed by atoms with Crippen LogP contribution in [0.3, 0.4) is 0 Å². The van der Waals surface area contributed by atoms with E-state index in [2.05, 4.69) is 10.6 Å². The van der Waals surface area contributed by atoms with Gasteiger partial charge in [0.2, 0.25) is 5.91 Å². The highest BCUT2D eigenvalue weighted by Crippen LogP contribution is 2.28. The molecule has 1 heterocycles. The van der Waals surface area contributed by atoms with E-state index >= 15 is 0 Å². The van der Waals surface area contributed by atoms with E-state index in [-0.39, 0.29) is 11.8 Å². The van der Waals surface area contributed by atoms with Crippen LogP contribution in [-0.4, -0.2) is 12.5 Å². The fraction of sp³-hybridized carbons (Fsp3) is 0.300. The molecule has 1 aliphatic heterocycles. The van der Waals surface area contributed by atoms with E-state index in [0.717, 1.165) is 11.4 Å². The van der Waals surface area contributed by atoms with Crippen LogP contribution in [0.2, 0.25) is 5.02 Å². The molecule has 1 aromatic rings. The topological polar surface area (TPSA) is 41.1 Å². The van der Waals surface area contributed by atoms with Gasteiger partial charge < -0.3 is 10.6 Å². The van der Waals surface area contributed by atoms with Crippen LogP contribution in [0.4, 0.5) is 11.4 Å². The quantitative estimate of drug-likeness (QED) is 0.690. The maximum atomic E-state index is 11.5. The minimum atomic E-state index is -0.0267. The van der Waals surface area contributed by atoms with Gasteiger partial charge in [-0.15, -0.1) is 0 Å². The predicted octanol–water partition coefficient (Wildman–Crippen LogP) is 2.34. The number of carbonyl (C=O) groups is 1. The lowest BCUT2D eigenvalue weighted by Gasteiger charge is -2.06. The number of rotatable bonds is 0. The number of carbonyl (C=O) groups excluding carboxylic acids is 1. The SMILES string of the molecule is C[C@H]1CNc2cc(Cl)ccc2NC1=O. The third-order valence-corrected chi connectivity index (χ3v) is 2.52. The molecule has 1 aliphatic rings. The van der Waals surface area contributed by atoms with E-state index in [1.807, 2.05) is 13.0 Å². The third-order valence-electron chi connectivity index (χ3n) is 2.29. The molecule has 1 aromatic carbocycles. The molecule has 0 saturated heterocycles. The number of fused-ring (bicyclic) bond motifs is 1. The van der Waals surface area contributed by atoms with Crippen LogP contribution in [0.5, 0.6) is 0 Å². The second-order valence-electron chi connectivity index (χ2n) is 3.46. The molecule has 1 atom stereocenters. The van der Waals surface area contributed by atoms with Crippen LogP contribution in [0, 0.1) is 5.92 Å². The molecule has 2 rings (SSSR count). The molecule has 3 nitrogen and oxygen atoms in total. The number of halogens is 1. The highest BCUT2D eigenvalue weighted by molar-refractivity contribution is 6.31. The Morgan fingerprint density at radius 1 is 1.43 bits per heavy atom. The first kappa shape index (κ1) is 9.34. The molecule has 0 spiro atoms. The molecule has 0 aliphatic carbocycles. The molecule has 0 bridgehead atoms. The summed E-state index contributed by atoms with van der Waals surface area (Å²) in [7, 11) is 0. The van der Waals surface area contributed by atoms with Crippen molar-refractivity contribution in [1.29, 1.82) is 0 Å². The monoisotopic (exact) mass is 210 g/mol. The van der Waals surface area contributed by atoms with Crippen molar-refractivity contribution >= 4 is 28.9 Å². The highest BCUT2D eigenvalue weighted by Gasteiger charge is 2.18. The Balaban J connectivity index is 2.37. The van der Waals surface area contributed by atoms with Crippen molar-refractivity contribution in [2.75, 3.05) is 17.2 Å². The maximum absolute atomic E-state index is 11.5. The van der Waals surface area contributed by atoms with E-state index in [1.165, 1.54) is 0 Å². The van der Waals surface area contributed by atoms with E-state index in [4.69, 9.17) is 11.6 Å². The lowest BCUT2D eigenvalue weighted by atomic mass is 10.2. The van der Waals surface area contributed by atoms with Crippen LogP contribution >= 0.6 is 11.6 Å². The number of hydrogen-bond acceptors (Lipinski definition) is 2.